The van der Waals surface area contributed by atoms with E-state index in [0.717, 1.165) is 11.1 Å². The van der Waals surface area contributed by atoms with E-state index in [-0.39, 0.29) is 11.4 Å². The molecule has 0 spiro atoms. The Hall–Kier alpha value is -2.99. The molecule has 0 amide bonds. The summed E-state index contributed by atoms with van der Waals surface area (Å²) < 4.78 is 39.0. The average molecular weight is 397 g/mol. The van der Waals surface area contributed by atoms with E-state index in [1.54, 1.807) is 25.3 Å². The van der Waals surface area contributed by atoms with Crippen molar-refractivity contribution in [3.8, 4) is 11.5 Å². The van der Waals surface area contributed by atoms with Crippen LogP contribution in [0.15, 0.2) is 77.7 Å². The number of methoxy groups -OCH3 is 2. The van der Waals surface area contributed by atoms with Gasteiger partial charge in [-0.15, -0.1) is 0 Å². The number of ether oxygens (including phenoxy) is 2. The Kier molecular flexibility index (Phi) is 5.90. The summed E-state index contributed by atoms with van der Waals surface area (Å²) in [5.74, 6) is 1.13. The molecule has 0 aliphatic rings. The molecule has 3 aromatic carbocycles. The number of benzene rings is 3. The molecule has 0 aliphatic carbocycles. The highest BCUT2D eigenvalue weighted by molar-refractivity contribution is 7.92. The molecular formula is C22H23NO4S. The fourth-order valence-corrected chi connectivity index (χ4v) is 4.38. The normalized spacial score (nSPS) is 11.1. The molecule has 0 unspecified atom stereocenters. The summed E-state index contributed by atoms with van der Waals surface area (Å²) in [7, 11) is -0.738. The highest BCUT2D eigenvalue weighted by atomic mass is 32.2. The van der Waals surface area contributed by atoms with Crippen molar-refractivity contribution in [3.63, 3.8) is 0 Å². The van der Waals surface area contributed by atoms with Gasteiger partial charge in [0.1, 0.15) is 11.5 Å². The van der Waals surface area contributed by atoms with Crippen LogP contribution in [0, 0.1) is 6.92 Å². The van der Waals surface area contributed by atoms with Crippen LogP contribution in [0.4, 0.5) is 5.69 Å². The lowest BCUT2D eigenvalue weighted by molar-refractivity contribution is 0.409. The van der Waals surface area contributed by atoms with Gasteiger partial charge in [0.05, 0.1) is 31.3 Å². The van der Waals surface area contributed by atoms with Gasteiger partial charge >= 0.3 is 0 Å². The molecular weight excluding hydrogens is 374 g/mol. The highest BCUT2D eigenvalue weighted by Gasteiger charge is 2.26. The van der Waals surface area contributed by atoms with Gasteiger partial charge in [-0.2, -0.15) is 0 Å². The molecule has 0 fully saturated rings. The fourth-order valence-electron chi connectivity index (χ4n) is 2.90. The van der Waals surface area contributed by atoms with Gasteiger partial charge in [0.25, 0.3) is 10.0 Å². The molecule has 28 heavy (non-hydrogen) atoms. The van der Waals surface area contributed by atoms with E-state index in [9.17, 15) is 8.42 Å². The molecule has 0 radical (unpaired) electrons. The zero-order valence-corrected chi connectivity index (χ0v) is 16.9. The van der Waals surface area contributed by atoms with Crippen LogP contribution >= 0.6 is 0 Å². The topological polar surface area (TPSA) is 55.8 Å². The van der Waals surface area contributed by atoms with Crippen molar-refractivity contribution in [2.75, 3.05) is 18.5 Å². The average Bonchev–Trinajstić information content (AvgIpc) is 2.73. The minimum absolute atomic E-state index is 0.145. The molecule has 0 aliphatic heterocycles. The monoisotopic (exact) mass is 397 g/mol. The minimum Gasteiger partial charge on any atom is -0.497 e. The maximum atomic E-state index is 13.5. The van der Waals surface area contributed by atoms with E-state index in [4.69, 9.17) is 9.47 Å². The molecule has 0 aromatic heterocycles. The Balaban J connectivity index is 2.11. The standard InChI is InChI=1S/C22H23NO4S/c1-17-11-13-19(14-12-17)23(16-18-7-4-5-10-22(18)27-3)28(24,25)21-9-6-8-20(15-21)26-2/h4-15H,16H2,1-3H3. The molecule has 0 heterocycles. The van der Waals surface area contributed by atoms with E-state index in [2.05, 4.69) is 0 Å². The Bertz CT molecular complexity index is 1050. The van der Waals surface area contributed by atoms with Gasteiger partial charge in [0, 0.05) is 11.6 Å². The molecule has 0 N–H and O–H groups in total. The Morgan fingerprint density at radius 2 is 1.57 bits per heavy atom. The number of nitrogens with zero attached hydrogens (tertiary/aromatic N) is 1. The zero-order chi connectivity index (χ0) is 20.1. The Morgan fingerprint density at radius 1 is 0.857 bits per heavy atom. The SMILES string of the molecule is COc1cccc(S(=O)(=O)N(Cc2ccccc2OC)c2ccc(C)cc2)c1. The number of rotatable bonds is 7. The number of anilines is 1. The van der Waals surface area contributed by atoms with Gasteiger partial charge < -0.3 is 9.47 Å². The van der Waals surface area contributed by atoms with Crippen molar-refractivity contribution in [1.82, 2.24) is 0 Å². The lowest BCUT2D eigenvalue weighted by Gasteiger charge is -2.25. The van der Waals surface area contributed by atoms with Crippen LogP contribution < -0.4 is 13.8 Å². The second kappa shape index (κ2) is 8.35. The second-order valence-electron chi connectivity index (χ2n) is 6.34. The summed E-state index contributed by atoms with van der Waals surface area (Å²) in [6.07, 6.45) is 0. The van der Waals surface area contributed by atoms with Crippen molar-refractivity contribution < 1.29 is 17.9 Å². The third-order valence-electron chi connectivity index (χ3n) is 4.46. The first-order valence-corrected chi connectivity index (χ1v) is 10.2. The molecule has 0 bridgehead atoms. The minimum atomic E-state index is -3.82. The van der Waals surface area contributed by atoms with E-state index in [0.29, 0.717) is 17.2 Å². The Morgan fingerprint density at radius 3 is 2.25 bits per heavy atom. The van der Waals surface area contributed by atoms with Crippen molar-refractivity contribution in [3.05, 3.63) is 83.9 Å². The molecule has 0 atom stereocenters. The van der Waals surface area contributed by atoms with Gasteiger partial charge in [0.2, 0.25) is 0 Å². The van der Waals surface area contributed by atoms with Gasteiger partial charge in [0.15, 0.2) is 0 Å². The molecule has 5 nitrogen and oxygen atoms in total. The number of sulfonamides is 1. The van der Waals surface area contributed by atoms with Crippen LogP contribution in [0.3, 0.4) is 0 Å². The quantitative estimate of drug-likeness (QED) is 0.593. The summed E-state index contributed by atoms with van der Waals surface area (Å²) in [6, 6.07) is 21.3. The predicted molar refractivity (Wildman–Crippen MR) is 111 cm³/mol. The maximum absolute atomic E-state index is 13.5. The fraction of sp³-hybridized carbons (Fsp3) is 0.182. The van der Waals surface area contributed by atoms with E-state index in [1.165, 1.54) is 17.5 Å². The summed E-state index contributed by atoms with van der Waals surface area (Å²) in [4.78, 5) is 0.169. The molecule has 0 saturated carbocycles. The van der Waals surface area contributed by atoms with Gasteiger partial charge in [-0.1, -0.05) is 42.0 Å². The second-order valence-corrected chi connectivity index (χ2v) is 8.20. The van der Waals surface area contributed by atoms with Crippen LogP contribution in [0.1, 0.15) is 11.1 Å². The first-order valence-electron chi connectivity index (χ1n) is 8.81. The van der Waals surface area contributed by atoms with E-state index < -0.39 is 10.0 Å². The molecule has 146 valence electrons. The molecule has 3 aromatic rings. The number of aryl methyl sites for hydroxylation is 1. The van der Waals surface area contributed by atoms with Crippen LogP contribution in [0.2, 0.25) is 0 Å². The Labute approximate surface area is 166 Å². The van der Waals surface area contributed by atoms with Gasteiger partial charge in [-0.25, -0.2) is 8.42 Å². The highest BCUT2D eigenvalue weighted by Crippen LogP contribution is 2.30. The lowest BCUT2D eigenvalue weighted by Crippen LogP contribution is -2.30. The summed E-state index contributed by atoms with van der Waals surface area (Å²) in [5, 5.41) is 0. The smallest absolute Gasteiger partial charge is 0.264 e. The number of hydrogen-bond acceptors (Lipinski definition) is 4. The molecule has 0 saturated heterocycles. The summed E-state index contributed by atoms with van der Waals surface area (Å²) in [5.41, 5.74) is 2.41. The maximum Gasteiger partial charge on any atom is 0.264 e. The molecule has 6 heteroatoms. The van der Waals surface area contributed by atoms with Gasteiger partial charge in [-0.3, -0.25) is 4.31 Å². The summed E-state index contributed by atoms with van der Waals surface area (Å²) >= 11 is 0. The zero-order valence-electron chi connectivity index (χ0n) is 16.1. The van der Waals surface area contributed by atoms with Crippen molar-refractivity contribution in [2.45, 2.75) is 18.4 Å². The van der Waals surface area contributed by atoms with E-state index in [1.807, 2.05) is 55.5 Å². The van der Waals surface area contributed by atoms with Crippen LogP contribution in [0.25, 0.3) is 0 Å². The first-order chi connectivity index (χ1) is 13.5. The van der Waals surface area contributed by atoms with Crippen molar-refractivity contribution in [1.29, 1.82) is 0 Å². The predicted octanol–water partition coefficient (Wildman–Crippen LogP) is 4.41. The molecule has 3 rings (SSSR count). The van der Waals surface area contributed by atoms with Gasteiger partial charge in [-0.05, 0) is 37.3 Å². The third kappa shape index (κ3) is 4.12. The van der Waals surface area contributed by atoms with Crippen LogP contribution in [-0.2, 0) is 16.6 Å². The third-order valence-corrected chi connectivity index (χ3v) is 6.23. The van der Waals surface area contributed by atoms with Crippen molar-refractivity contribution in [2.24, 2.45) is 0 Å². The first kappa shape index (κ1) is 19.8. The van der Waals surface area contributed by atoms with Crippen LogP contribution in [-0.4, -0.2) is 22.6 Å². The number of hydrogen-bond donors (Lipinski definition) is 0. The largest absolute Gasteiger partial charge is 0.497 e. The van der Waals surface area contributed by atoms with Crippen molar-refractivity contribution >= 4 is 15.7 Å². The number of para-hydroxylation sites is 1. The van der Waals surface area contributed by atoms with Crippen LogP contribution in [0.5, 0.6) is 11.5 Å². The van der Waals surface area contributed by atoms with E-state index >= 15 is 0 Å². The summed E-state index contributed by atoms with van der Waals surface area (Å²) in [6.45, 7) is 2.11. The lowest BCUT2D eigenvalue weighted by atomic mass is 10.2.